The molecule has 1 aromatic heterocycles. The summed E-state index contributed by atoms with van der Waals surface area (Å²) in [5.41, 5.74) is 1.85. The van der Waals surface area contributed by atoms with Crippen LogP contribution in [0.1, 0.15) is 15.9 Å². The molecule has 0 aliphatic heterocycles. The van der Waals surface area contributed by atoms with Crippen molar-refractivity contribution in [3.05, 3.63) is 51.1 Å². The van der Waals surface area contributed by atoms with Gasteiger partial charge in [-0.05, 0) is 42.8 Å². The number of nitrogens with one attached hydrogen (secondary N) is 1. The van der Waals surface area contributed by atoms with Gasteiger partial charge in [0.25, 0.3) is 0 Å². The van der Waals surface area contributed by atoms with E-state index < -0.39 is 5.97 Å². The summed E-state index contributed by atoms with van der Waals surface area (Å²) in [6.45, 7) is 1.94. The molecule has 0 bridgehead atoms. The van der Waals surface area contributed by atoms with Gasteiger partial charge in [-0.3, -0.25) is 0 Å². The lowest BCUT2D eigenvalue weighted by Crippen LogP contribution is -2.05. The molecular formula is C13H10BrClN2O2. The molecule has 0 radical (unpaired) electrons. The van der Waals surface area contributed by atoms with Crippen LogP contribution in [0.5, 0.6) is 0 Å². The van der Waals surface area contributed by atoms with Gasteiger partial charge in [0.1, 0.15) is 16.5 Å². The molecule has 4 nitrogen and oxygen atoms in total. The molecule has 0 fully saturated rings. The van der Waals surface area contributed by atoms with Gasteiger partial charge < -0.3 is 10.4 Å². The standard InChI is InChI=1S/C13H10BrClN2O2/c1-7-6-8(2-4-10(7)14)16-12-9(13(18)19)3-5-11(15)17-12/h2-6H,1H3,(H,16,17)(H,18,19). The smallest absolute Gasteiger partial charge is 0.339 e. The molecule has 0 aliphatic rings. The lowest BCUT2D eigenvalue weighted by molar-refractivity contribution is 0.0697. The number of carbonyl (C=O) groups is 1. The van der Waals surface area contributed by atoms with E-state index in [2.05, 4.69) is 26.2 Å². The topological polar surface area (TPSA) is 62.2 Å². The second-order valence-electron chi connectivity index (χ2n) is 3.92. The maximum Gasteiger partial charge on any atom is 0.339 e. The molecule has 1 aromatic carbocycles. The number of carboxylic acids is 1. The maximum absolute atomic E-state index is 11.1. The molecule has 98 valence electrons. The van der Waals surface area contributed by atoms with E-state index in [9.17, 15) is 4.79 Å². The van der Waals surface area contributed by atoms with Crippen molar-refractivity contribution < 1.29 is 9.90 Å². The van der Waals surface area contributed by atoms with E-state index in [-0.39, 0.29) is 16.5 Å². The lowest BCUT2D eigenvalue weighted by Gasteiger charge is -2.10. The Kier molecular flexibility index (Phi) is 4.07. The van der Waals surface area contributed by atoms with Crippen molar-refractivity contribution in [2.24, 2.45) is 0 Å². The van der Waals surface area contributed by atoms with E-state index in [4.69, 9.17) is 16.7 Å². The normalized spacial score (nSPS) is 10.3. The van der Waals surface area contributed by atoms with Gasteiger partial charge in [-0.1, -0.05) is 27.5 Å². The first-order chi connectivity index (χ1) is 8.97. The summed E-state index contributed by atoms with van der Waals surface area (Å²) < 4.78 is 0.982. The molecule has 6 heteroatoms. The van der Waals surface area contributed by atoms with E-state index in [1.54, 1.807) is 0 Å². The summed E-state index contributed by atoms with van der Waals surface area (Å²) in [5.74, 6) is -0.831. The molecule has 0 spiro atoms. The van der Waals surface area contributed by atoms with Gasteiger partial charge >= 0.3 is 5.97 Å². The summed E-state index contributed by atoms with van der Waals surface area (Å²) in [7, 11) is 0. The van der Waals surface area contributed by atoms with Crippen molar-refractivity contribution >= 4 is 45.0 Å². The quantitative estimate of drug-likeness (QED) is 0.819. The average Bonchev–Trinajstić information content (AvgIpc) is 2.33. The molecule has 0 amide bonds. The van der Waals surface area contributed by atoms with E-state index in [1.165, 1.54) is 12.1 Å². The van der Waals surface area contributed by atoms with Crippen LogP contribution in [-0.2, 0) is 0 Å². The van der Waals surface area contributed by atoms with E-state index >= 15 is 0 Å². The van der Waals surface area contributed by atoms with Gasteiger partial charge in [-0.2, -0.15) is 0 Å². The molecule has 0 unspecified atom stereocenters. The average molecular weight is 342 g/mol. The van der Waals surface area contributed by atoms with Crippen LogP contribution in [0.25, 0.3) is 0 Å². The zero-order chi connectivity index (χ0) is 14.0. The van der Waals surface area contributed by atoms with Crippen molar-refractivity contribution in [1.82, 2.24) is 4.98 Å². The number of rotatable bonds is 3. The number of pyridine rings is 1. The number of hydrogen-bond acceptors (Lipinski definition) is 3. The second kappa shape index (κ2) is 5.59. The largest absolute Gasteiger partial charge is 0.478 e. The highest BCUT2D eigenvalue weighted by molar-refractivity contribution is 9.10. The predicted octanol–water partition coefficient (Wildman–Crippen LogP) is 4.25. The van der Waals surface area contributed by atoms with Gasteiger partial charge in [-0.25, -0.2) is 9.78 Å². The predicted molar refractivity (Wildman–Crippen MR) is 78.4 cm³/mol. The number of nitrogens with zero attached hydrogens (tertiary/aromatic N) is 1. The number of carboxylic acid groups (broad SMARTS) is 1. The first-order valence-corrected chi connectivity index (χ1v) is 6.57. The first kappa shape index (κ1) is 13.8. The number of benzene rings is 1. The van der Waals surface area contributed by atoms with Crippen LogP contribution in [0.2, 0.25) is 5.15 Å². The van der Waals surface area contributed by atoms with Gasteiger partial charge in [0, 0.05) is 10.2 Å². The number of aromatic nitrogens is 1. The molecule has 2 N–H and O–H groups in total. The summed E-state index contributed by atoms with van der Waals surface area (Å²) in [5, 5.41) is 12.3. The fraction of sp³-hybridized carbons (Fsp3) is 0.0769. The number of aromatic carboxylic acids is 1. The van der Waals surface area contributed by atoms with Crippen LogP contribution in [0.3, 0.4) is 0 Å². The third-order valence-electron chi connectivity index (χ3n) is 2.51. The third-order valence-corrected chi connectivity index (χ3v) is 3.61. The Morgan fingerprint density at radius 3 is 2.74 bits per heavy atom. The van der Waals surface area contributed by atoms with Crippen LogP contribution >= 0.6 is 27.5 Å². The minimum atomic E-state index is -1.06. The molecule has 19 heavy (non-hydrogen) atoms. The van der Waals surface area contributed by atoms with Crippen molar-refractivity contribution in [3.8, 4) is 0 Å². The highest BCUT2D eigenvalue weighted by Gasteiger charge is 2.12. The zero-order valence-electron chi connectivity index (χ0n) is 9.95. The van der Waals surface area contributed by atoms with Crippen molar-refractivity contribution in [2.75, 3.05) is 5.32 Å². The molecular weight excluding hydrogens is 332 g/mol. The minimum absolute atomic E-state index is 0.0740. The van der Waals surface area contributed by atoms with Crippen LogP contribution in [0.15, 0.2) is 34.8 Å². The minimum Gasteiger partial charge on any atom is -0.478 e. The number of halogens is 2. The fourth-order valence-electron chi connectivity index (χ4n) is 1.56. The maximum atomic E-state index is 11.1. The highest BCUT2D eigenvalue weighted by Crippen LogP contribution is 2.25. The van der Waals surface area contributed by atoms with Gasteiger partial charge in [0.2, 0.25) is 0 Å². The van der Waals surface area contributed by atoms with Gasteiger partial charge in [0.15, 0.2) is 0 Å². The SMILES string of the molecule is Cc1cc(Nc2nc(Cl)ccc2C(=O)O)ccc1Br. The van der Waals surface area contributed by atoms with Gasteiger partial charge in [0.05, 0.1) is 0 Å². The second-order valence-corrected chi connectivity index (χ2v) is 5.17. The third kappa shape index (κ3) is 3.24. The Labute approximate surface area is 123 Å². The lowest BCUT2D eigenvalue weighted by atomic mass is 10.2. The van der Waals surface area contributed by atoms with Crippen molar-refractivity contribution in [1.29, 1.82) is 0 Å². The number of hydrogen-bond donors (Lipinski definition) is 2. The van der Waals surface area contributed by atoms with E-state index in [0.29, 0.717) is 0 Å². The Bertz CT molecular complexity index is 647. The molecule has 0 aliphatic carbocycles. The van der Waals surface area contributed by atoms with Crippen LogP contribution in [0.4, 0.5) is 11.5 Å². The van der Waals surface area contributed by atoms with E-state index in [0.717, 1.165) is 15.7 Å². The Morgan fingerprint density at radius 1 is 1.37 bits per heavy atom. The Hall–Kier alpha value is -1.59. The highest BCUT2D eigenvalue weighted by atomic mass is 79.9. The van der Waals surface area contributed by atoms with Crippen LogP contribution in [-0.4, -0.2) is 16.1 Å². The fourth-order valence-corrected chi connectivity index (χ4v) is 1.96. The summed E-state index contributed by atoms with van der Waals surface area (Å²) in [6, 6.07) is 8.46. The van der Waals surface area contributed by atoms with Crippen LogP contribution < -0.4 is 5.32 Å². The van der Waals surface area contributed by atoms with Gasteiger partial charge in [-0.15, -0.1) is 0 Å². The summed E-state index contributed by atoms with van der Waals surface area (Å²) >= 11 is 9.20. The summed E-state index contributed by atoms with van der Waals surface area (Å²) in [6.07, 6.45) is 0. The molecule has 0 saturated heterocycles. The summed E-state index contributed by atoms with van der Waals surface area (Å²) in [4.78, 5) is 15.1. The molecule has 2 rings (SSSR count). The molecule has 2 aromatic rings. The van der Waals surface area contributed by atoms with Crippen molar-refractivity contribution in [3.63, 3.8) is 0 Å². The number of anilines is 2. The van der Waals surface area contributed by atoms with Crippen LogP contribution in [0, 0.1) is 6.92 Å². The Morgan fingerprint density at radius 2 is 2.11 bits per heavy atom. The van der Waals surface area contributed by atoms with E-state index in [1.807, 2.05) is 25.1 Å². The van der Waals surface area contributed by atoms with Crippen molar-refractivity contribution in [2.45, 2.75) is 6.92 Å². The first-order valence-electron chi connectivity index (χ1n) is 5.40. The monoisotopic (exact) mass is 340 g/mol. The number of aryl methyl sites for hydroxylation is 1. The molecule has 0 atom stereocenters. The molecule has 0 saturated carbocycles. The Balaban J connectivity index is 2.39. The zero-order valence-corrected chi connectivity index (χ0v) is 12.3. The molecule has 1 heterocycles.